The van der Waals surface area contributed by atoms with E-state index in [1.54, 1.807) is 26.0 Å². The van der Waals surface area contributed by atoms with Gasteiger partial charge in [-0.05, 0) is 25.1 Å². The predicted molar refractivity (Wildman–Crippen MR) is 68.5 cm³/mol. The molecule has 0 aromatic heterocycles. The first-order valence-electron chi connectivity index (χ1n) is 5.30. The van der Waals surface area contributed by atoms with Crippen molar-refractivity contribution in [2.75, 3.05) is 20.8 Å². The van der Waals surface area contributed by atoms with Crippen molar-refractivity contribution in [1.29, 1.82) is 0 Å². The molecule has 0 aliphatic carbocycles. The molecule has 0 spiro atoms. The zero-order valence-corrected chi connectivity index (χ0v) is 10.8. The first-order chi connectivity index (χ1) is 7.71. The summed E-state index contributed by atoms with van der Waals surface area (Å²) in [5, 5.41) is 0.493. The Balaban J connectivity index is 2.78. The summed E-state index contributed by atoms with van der Waals surface area (Å²) in [6.45, 7) is 2.88. The summed E-state index contributed by atoms with van der Waals surface area (Å²) in [5.74, 6) is 1.67. The molecule has 0 heterocycles. The second kappa shape index (κ2) is 6.66. The van der Waals surface area contributed by atoms with Gasteiger partial charge in [0.05, 0.1) is 14.2 Å². The van der Waals surface area contributed by atoms with E-state index in [0.717, 1.165) is 22.8 Å². The molecule has 1 atom stereocenters. The average Bonchev–Trinajstić information content (AvgIpc) is 2.30. The third-order valence-electron chi connectivity index (χ3n) is 2.27. The van der Waals surface area contributed by atoms with Crippen molar-refractivity contribution in [2.45, 2.75) is 23.5 Å². The Kier molecular flexibility index (Phi) is 5.49. The molecule has 3 nitrogen and oxygen atoms in total. The van der Waals surface area contributed by atoms with Crippen LogP contribution in [0.5, 0.6) is 11.5 Å². The lowest BCUT2D eigenvalue weighted by atomic mass is 10.3. The van der Waals surface area contributed by atoms with Gasteiger partial charge in [-0.1, -0.05) is 6.92 Å². The minimum Gasteiger partial charge on any atom is -0.497 e. The lowest BCUT2D eigenvalue weighted by Gasteiger charge is -2.13. The van der Waals surface area contributed by atoms with Crippen LogP contribution in [0, 0.1) is 0 Å². The molecule has 2 N–H and O–H groups in total. The maximum Gasteiger partial charge on any atom is 0.136 e. The zero-order chi connectivity index (χ0) is 12.0. The van der Waals surface area contributed by atoms with Crippen molar-refractivity contribution in [3.05, 3.63) is 18.2 Å². The Bertz CT molecular complexity index is 331. The Morgan fingerprint density at radius 2 is 2.06 bits per heavy atom. The van der Waals surface area contributed by atoms with E-state index in [-0.39, 0.29) is 0 Å². The normalized spacial score (nSPS) is 12.2. The van der Waals surface area contributed by atoms with Crippen molar-refractivity contribution in [1.82, 2.24) is 0 Å². The highest BCUT2D eigenvalue weighted by Crippen LogP contribution is 2.35. The third-order valence-corrected chi connectivity index (χ3v) is 3.50. The molecular weight excluding hydrogens is 222 g/mol. The molecule has 1 rings (SSSR count). The molecule has 0 saturated carbocycles. The maximum atomic E-state index is 5.53. The SMILES string of the molecule is COc1ccc(SC(C)CCN)c(OC)c1. The summed E-state index contributed by atoms with van der Waals surface area (Å²) in [4.78, 5) is 1.13. The number of methoxy groups -OCH3 is 2. The van der Waals surface area contributed by atoms with E-state index in [9.17, 15) is 0 Å². The largest absolute Gasteiger partial charge is 0.497 e. The molecule has 0 bridgehead atoms. The van der Waals surface area contributed by atoms with Gasteiger partial charge in [0.25, 0.3) is 0 Å². The lowest BCUT2D eigenvalue weighted by molar-refractivity contribution is 0.387. The highest BCUT2D eigenvalue weighted by molar-refractivity contribution is 8.00. The molecule has 16 heavy (non-hydrogen) atoms. The van der Waals surface area contributed by atoms with Gasteiger partial charge in [0.15, 0.2) is 0 Å². The van der Waals surface area contributed by atoms with Gasteiger partial charge >= 0.3 is 0 Å². The Morgan fingerprint density at radius 1 is 1.31 bits per heavy atom. The van der Waals surface area contributed by atoms with Crippen LogP contribution in [0.15, 0.2) is 23.1 Å². The first kappa shape index (κ1) is 13.2. The molecule has 90 valence electrons. The van der Waals surface area contributed by atoms with Crippen LogP contribution in [0.4, 0.5) is 0 Å². The van der Waals surface area contributed by atoms with Gasteiger partial charge in [0.2, 0.25) is 0 Å². The standard InChI is InChI=1S/C12H19NO2S/c1-9(6-7-13)16-12-5-4-10(14-2)8-11(12)15-3/h4-5,8-9H,6-7,13H2,1-3H3. The van der Waals surface area contributed by atoms with Gasteiger partial charge in [0, 0.05) is 16.2 Å². The number of ether oxygens (including phenoxy) is 2. The van der Waals surface area contributed by atoms with Crippen LogP contribution in [0.3, 0.4) is 0 Å². The number of thioether (sulfide) groups is 1. The molecule has 0 amide bonds. The van der Waals surface area contributed by atoms with Gasteiger partial charge in [0.1, 0.15) is 11.5 Å². The van der Waals surface area contributed by atoms with Crippen molar-refractivity contribution in [2.24, 2.45) is 5.73 Å². The number of hydrogen-bond acceptors (Lipinski definition) is 4. The van der Waals surface area contributed by atoms with Crippen LogP contribution in [0.25, 0.3) is 0 Å². The molecular formula is C12H19NO2S. The van der Waals surface area contributed by atoms with Gasteiger partial charge in [-0.15, -0.1) is 11.8 Å². The second-order valence-corrected chi connectivity index (χ2v) is 5.00. The molecule has 1 aromatic carbocycles. The van der Waals surface area contributed by atoms with Crippen molar-refractivity contribution >= 4 is 11.8 Å². The van der Waals surface area contributed by atoms with E-state index in [0.29, 0.717) is 11.8 Å². The first-order valence-corrected chi connectivity index (χ1v) is 6.18. The van der Waals surface area contributed by atoms with Crippen LogP contribution in [-0.4, -0.2) is 26.0 Å². The van der Waals surface area contributed by atoms with Crippen molar-refractivity contribution in [3.63, 3.8) is 0 Å². The van der Waals surface area contributed by atoms with Gasteiger partial charge in [-0.2, -0.15) is 0 Å². The fourth-order valence-electron chi connectivity index (χ4n) is 1.38. The average molecular weight is 241 g/mol. The van der Waals surface area contributed by atoms with Crippen LogP contribution >= 0.6 is 11.8 Å². The zero-order valence-electron chi connectivity index (χ0n) is 10.0. The smallest absolute Gasteiger partial charge is 0.136 e. The van der Waals surface area contributed by atoms with Crippen LogP contribution < -0.4 is 15.2 Å². The minimum absolute atomic E-state index is 0.493. The monoisotopic (exact) mass is 241 g/mol. The fourth-order valence-corrected chi connectivity index (χ4v) is 2.48. The molecule has 1 aromatic rings. The number of hydrogen-bond donors (Lipinski definition) is 1. The van der Waals surface area contributed by atoms with Gasteiger partial charge in [-0.25, -0.2) is 0 Å². The molecule has 0 aliphatic rings. The number of nitrogens with two attached hydrogens (primary N) is 1. The summed E-state index contributed by atoms with van der Waals surface area (Å²) < 4.78 is 10.5. The lowest BCUT2D eigenvalue weighted by Crippen LogP contribution is -2.07. The highest BCUT2D eigenvalue weighted by atomic mass is 32.2. The van der Waals surface area contributed by atoms with E-state index < -0.39 is 0 Å². The van der Waals surface area contributed by atoms with E-state index in [1.807, 2.05) is 18.2 Å². The Morgan fingerprint density at radius 3 is 2.62 bits per heavy atom. The van der Waals surface area contributed by atoms with Gasteiger partial charge < -0.3 is 15.2 Å². The Labute approximate surface area is 101 Å². The topological polar surface area (TPSA) is 44.5 Å². The molecule has 0 fully saturated rings. The summed E-state index contributed by atoms with van der Waals surface area (Å²) in [6.07, 6.45) is 1.000. The maximum absolute atomic E-state index is 5.53. The van der Waals surface area contributed by atoms with E-state index in [4.69, 9.17) is 15.2 Å². The summed E-state index contributed by atoms with van der Waals surface area (Å²) in [7, 11) is 3.32. The van der Waals surface area contributed by atoms with Crippen LogP contribution in [-0.2, 0) is 0 Å². The van der Waals surface area contributed by atoms with E-state index in [2.05, 4.69) is 6.92 Å². The summed E-state index contributed by atoms with van der Waals surface area (Å²) in [6, 6.07) is 5.87. The number of benzene rings is 1. The molecule has 4 heteroatoms. The van der Waals surface area contributed by atoms with Crippen LogP contribution in [0.2, 0.25) is 0 Å². The number of rotatable bonds is 6. The second-order valence-electron chi connectivity index (χ2n) is 3.52. The van der Waals surface area contributed by atoms with E-state index >= 15 is 0 Å². The highest BCUT2D eigenvalue weighted by Gasteiger charge is 2.09. The molecule has 0 aliphatic heterocycles. The van der Waals surface area contributed by atoms with Crippen LogP contribution in [0.1, 0.15) is 13.3 Å². The van der Waals surface area contributed by atoms with Crippen molar-refractivity contribution < 1.29 is 9.47 Å². The summed E-state index contributed by atoms with van der Waals surface area (Å²) >= 11 is 1.78. The Hall–Kier alpha value is -0.870. The molecule has 1 unspecified atom stereocenters. The fraction of sp³-hybridized carbons (Fsp3) is 0.500. The quantitative estimate of drug-likeness (QED) is 0.777. The van der Waals surface area contributed by atoms with E-state index in [1.165, 1.54) is 0 Å². The minimum atomic E-state index is 0.493. The van der Waals surface area contributed by atoms with Crippen molar-refractivity contribution in [3.8, 4) is 11.5 Å². The van der Waals surface area contributed by atoms with Gasteiger partial charge in [-0.3, -0.25) is 0 Å². The molecule has 0 saturated heterocycles. The molecule has 0 radical (unpaired) electrons. The predicted octanol–water partition coefficient (Wildman–Crippen LogP) is 2.53. The summed E-state index contributed by atoms with van der Waals surface area (Å²) in [5.41, 5.74) is 5.53. The third kappa shape index (κ3) is 3.61.